The van der Waals surface area contributed by atoms with Crippen molar-refractivity contribution in [1.29, 1.82) is 0 Å². The van der Waals surface area contributed by atoms with Crippen LogP contribution in [0.2, 0.25) is 0 Å². The van der Waals surface area contributed by atoms with Crippen LogP contribution in [-0.2, 0) is 9.59 Å². The van der Waals surface area contributed by atoms with Gasteiger partial charge in [-0.25, -0.2) is 4.79 Å². The first kappa shape index (κ1) is 23.1. The molecule has 0 unspecified atom stereocenters. The topological polar surface area (TPSA) is 105 Å². The van der Waals surface area contributed by atoms with Crippen molar-refractivity contribution in [2.45, 2.75) is 56.9 Å². The Labute approximate surface area is 177 Å². The summed E-state index contributed by atoms with van der Waals surface area (Å²) >= 11 is 1.49. The molecule has 1 fully saturated rings. The highest BCUT2D eigenvalue weighted by Crippen LogP contribution is 2.27. The van der Waals surface area contributed by atoms with E-state index in [2.05, 4.69) is 24.5 Å². The van der Waals surface area contributed by atoms with E-state index in [1.807, 2.05) is 29.2 Å². The lowest BCUT2D eigenvalue weighted by Gasteiger charge is -2.34. The summed E-state index contributed by atoms with van der Waals surface area (Å²) < 4.78 is 0. The molecule has 0 bridgehead atoms. The van der Waals surface area contributed by atoms with Gasteiger partial charge in [-0.15, -0.1) is 11.8 Å². The number of carbonyl (C=O) groups is 3. The van der Waals surface area contributed by atoms with Gasteiger partial charge < -0.3 is 21.3 Å². The highest BCUT2D eigenvalue weighted by Gasteiger charge is 2.27. The number of rotatable bonds is 9. The third kappa shape index (κ3) is 7.27. The third-order valence-electron chi connectivity index (χ3n) is 5.22. The summed E-state index contributed by atoms with van der Waals surface area (Å²) in [6, 6.07) is 7.29. The van der Waals surface area contributed by atoms with Gasteiger partial charge in [-0.05, 0) is 37.8 Å². The zero-order valence-corrected chi connectivity index (χ0v) is 18.1. The minimum atomic E-state index is -0.338. The molecule has 0 aliphatic carbocycles. The maximum atomic E-state index is 12.5. The van der Waals surface area contributed by atoms with Crippen molar-refractivity contribution >= 4 is 35.3 Å². The van der Waals surface area contributed by atoms with Gasteiger partial charge in [0.25, 0.3) is 0 Å². The molecule has 1 aliphatic heterocycles. The monoisotopic (exact) mass is 420 g/mol. The predicted molar refractivity (Wildman–Crippen MR) is 117 cm³/mol. The van der Waals surface area contributed by atoms with Crippen LogP contribution in [0.4, 0.5) is 10.5 Å². The minimum Gasteiger partial charge on any atom is -0.370 e. The van der Waals surface area contributed by atoms with E-state index < -0.39 is 0 Å². The number of anilines is 1. The van der Waals surface area contributed by atoms with E-state index in [9.17, 15) is 14.4 Å². The first-order valence-corrected chi connectivity index (χ1v) is 11.3. The third-order valence-corrected chi connectivity index (χ3v) is 6.29. The molecule has 1 aromatic rings. The summed E-state index contributed by atoms with van der Waals surface area (Å²) in [6.07, 6.45) is 3.54. The van der Waals surface area contributed by atoms with Crippen molar-refractivity contribution in [2.75, 3.05) is 24.2 Å². The van der Waals surface area contributed by atoms with Gasteiger partial charge in [-0.2, -0.15) is 0 Å². The number of nitrogens with two attached hydrogens (primary N) is 1. The zero-order valence-electron chi connectivity index (χ0n) is 17.3. The quantitative estimate of drug-likeness (QED) is 0.534. The Balaban J connectivity index is 1.82. The number of nitrogens with zero attached hydrogens (tertiary/aromatic N) is 1. The Morgan fingerprint density at radius 3 is 2.45 bits per heavy atom. The number of piperidine rings is 1. The molecule has 29 heavy (non-hydrogen) atoms. The minimum absolute atomic E-state index is 0.0513. The normalized spacial score (nSPS) is 14.7. The largest absolute Gasteiger partial charge is 0.370 e. The maximum absolute atomic E-state index is 12.5. The van der Waals surface area contributed by atoms with Gasteiger partial charge in [-0.3, -0.25) is 9.59 Å². The van der Waals surface area contributed by atoms with Crippen molar-refractivity contribution in [1.82, 2.24) is 10.2 Å². The molecule has 1 saturated heterocycles. The van der Waals surface area contributed by atoms with Gasteiger partial charge in [0.1, 0.15) is 0 Å². The number of amides is 4. The standard InChI is InChI=1S/C21H32N4O3S/c1-3-15(4-2)20(27)25-12-9-16(10-13-25)23-21(28)24-17-7-5-6-8-18(17)29-14-11-19(22)26/h5-8,15-16H,3-4,9-14H2,1-2H3,(H2,22,26)(H2,23,24,28). The van der Waals surface area contributed by atoms with Crippen LogP contribution in [-0.4, -0.2) is 47.6 Å². The number of primary amides is 1. The number of thioether (sulfide) groups is 1. The van der Waals surface area contributed by atoms with Gasteiger partial charge in [0.15, 0.2) is 0 Å². The number of hydrogen-bond acceptors (Lipinski definition) is 4. The maximum Gasteiger partial charge on any atom is 0.319 e. The molecule has 7 nitrogen and oxygen atoms in total. The van der Waals surface area contributed by atoms with E-state index in [4.69, 9.17) is 5.73 Å². The molecule has 0 radical (unpaired) electrons. The van der Waals surface area contributed by atoms with E-state index in [1.165, 1.54) is 11.8 Å². The second-order valence-corrected chi connectivity index (χ2v) is 8.41. The van der Waals surface area contributed by atoms with E-state index in [0.717, 1.165) is 30.6 Å². The number of benzene rings is 1. The van der Waals surface area contributed by atoms with Crippen LogP contribution < -0.4 is 16.4 Å². The highest BCUT2D eigenvalue weighted by atomic mass is 32.2. The number of hydrogen-bond donors (Lipinski definition) is 3. The van der Waals surface area contributed by atoms with Gasteiger partial charge in [0.2, 0.25) is 11.8 Å². The Morgan fingerprint density at radius 1 is 1.17 bits per heavy atom. The summed E-state index contributed by atoms with van der Waals surface area (Å²) in [4.78, 5) is 38.7. The van der Waals surface area contributed by atoms with Crippen molar-refractivity contribution in [2.24, 2.45) is 11.7 Å². The molecule has 4 N–H and O–H groups in total. The molecule has 1 aliphatic rings. The van der Waals surface area contributed by atoms with Crippen molar-refractivity contribution in [3.05, 3.63) is 24.3 Å². The molecule has 4 amide bonds. The number of para-hydroxylation sites is 1. The number of likely N-dealkylation sites (tertiary alicyclic amines) is 1. The predicted octanol–water partition coefficient (Wildman–Crippen LogP) is 3.20. The molecule has 0 atom stereocenters. The smallest absolute Gasteiger partial charge is 0.319 e. The Morgan fingerprint density at radius 2 is 1.83 bits per heavy atom. The van der Waals surface area contributed by atoms with Crippen molar-refractivity contribution in [3.8, 4) is 0 Å². The molecule has 0 saturated carbocycles. The number of nitrogens with one attached hydrogen (secondary N) is 2. The summed E-state index contributed by atoms with van der Waals surface area (Å²) in [6.45, 7) is 5.46. The van der Waals surface area contributed by atoms with Gasteiger partial charge in [0, 0.05) is 42.1 Å². The Hall–Kier alpha value is -2.22. The van der Waals surface area contributed by atoms with E-state index >= 15 is 0 Å². The molecule has 1 aromatic carbocycles. The molecule has 160 valence electrons. The average Bonchev–Trinajstić information content (AvgIpc) is 2.70. The summed E-state index contributed by atoms with van der Waals surface area (Å²) in [5.41, 5.74) is 5.89. The molecule has 8 heteroatoms. The van der Waals surface area contributed by atoms with Crippen LogP contribution >= 0.6 is 11.8 Å². The van der Waals surface area contributed by atoms with E-state index in [-0.39, 0.29) is 29.8 Å². The number of carbonyl (C=O) groups excluding carboxylic acids is 3. The lowest BCUT2D eigenvalue weighted by molar-refractivity contribution is -0.136. The first-order chi connectivity index (χ1) is 13.9. The summed E-state index contributed by atoms with van der Waals surface area (Å²) in [5.74, 6) is 0.569. The fourth-order valence-corrected chi connectivity index (χ4v) is 4.41. The first-order valence-electron chi connectivity index (χ1n) is 10.3. The van der Waals surface area contributed by atoms with Crippen LogP contribution in [0.25, 0.3) is 0 Å². The van der Waals surface area contributed by atoms with Gasteiger partial charge in [-0.1, -0.05) is 26.0 Å². The fourth-order valence-electron chi connectivity index (χ4n) is 3.44. The Kier molecular flexibility index (Phi) is 9.31. The van der Waals surface area contributed by atoms with Gasteiger partial charge in [0.05, 0.1) is 5.69 Å². The summed E-state index contributed by atoms with van der Waals surface area (Å²) in [7, 11) is 0. The summed E-state index contributed by atoms with van der Waals surface area (Å²) in [5, 5.41) is 5.91. The van der Waals surface area contributed by atoms with Crippen molar-refractivity contribution in [3.63, 3.8) is 0 Å². The van der Waals surface area contributed by atoms with Crippen LogP contribution in [0.1, 0.15) is 46.0 Å². The van der Waals surface area contributed by atoms with E-state index in [0.29, 0.717) is 31.0 Å². The molecule has 1 heterocycles. The molecular formula is C21H32N4O3S. The average molecular weight is 421 g/mol. The second-order valence-electron chi connectivity index (χ2n) is 7.27. The molecule has 0 spiro atoms. The van der Waals surface area contributed by atoms with Crippen LogP contribution in [0.3, 0.4) is 0 Å². The van der Waals surface area contributed by atoms with Crippen molar-refractivity contribution < 1.29 is 14.4 Å². The van der Waals surface area contributed by atoms with Crippen LogP contribution in [0.15, 0.2) is 29.2 Å². The molecular weight excluding hydrogens is 388 g/mol. The van der Waals surface area contributed by atoms with Crippen LogP contribution in [0, 0.1) is 5.92 Å². The lowest BCUT2D eigenvalue weighted by atomic mass is 9.98. The van der Waals surface area contributed by atoms with Gasteiger partial charge >= 0.3 is 6.03 Å². The highest BCUT2D eigenvalue weighted by molar-refractivity contribution is 7.99. The Bertz CT molecular complexity index is 701. The number of urea groups is 1. The fraction of sp³-hybridized carbons (Fsp3) is 0.571. The zero-order chi connectivity index (χ0) is 21.2. The second kappa shape index (κ2) is 11.7. The molecule has 0 aromatic heterocycles. The molecule has 2 rings (SSSR count). The van der Waals surface area contributed by atoms with Crippen LogP contribution in [0.5, 0.6) is 0 Å². The van der Waals surface area contributed by atoms with E-state index in [1.54, 1.807) is 0 Å². The SMILES string of the molecule is CCC(CC)C(=O)N1CCC(NC(=O)Nc2ccccc2SCCC(N)=O)CC1. The lowest BCUT2D eigenvalue weighted by Crippen LogP contribution is -2.48.